The lowest BCUT2D eigenvalue weighted by molar-refractivity contribution is 0.319. The lowest BCUT2D eigenvalue weighted by atomic mass is 10.2. The quantitative estimate of drug-likeness (QED) is 0.781. The Morgan fingerprint density at radius 2 is 2.14 bits per heavy atom. The molecular weight excluding hydrogens is 282 g/mol. The predicted octanol–water partition coefficient (Wildman–Crippen LogP) is 4.30. The molecule has 114 valence electrons. The van der Waals surface area contributed by atoms with Gasteiger partial charge < -0.3 is 15.8 Å². The van der Waals surface area contributed by atoms with Crippen molar-refractivity contribution >= 4 is 22.7 Å². The first kappa shape index (κ1) is 15.6. The molecule has 1 aromatic heterocycles. The highest BCUT2D eigenvalue weighted by molar-refractivity contribution is 7.11. The Bertz CT molecular complexity index is 610. The van der Waals surface area contributed by atoms with E-state index >= 15 is 0 Å². The molecule has 0 aliphatic rings. The van der Waals surface area contributed by atoms with E-state index in [0.29, 0.717) is 12.3 Å². The van der Waals surface area contributed by atoms with E-state index in [-0.39, 0.29) is 6.04 Å². The van der Waals surface area contributed by atoms with Gasteiger partial charge in [0.2, 0.25) is 0 Å². The molecule has 1 unspecified atom stereocenters. The van der Waals surface area contributed by atoms with E-state index in [1.807, 2.05) is 32.0 Å². The molecule has 21 heavy (non-hydrogen) atoms. The molecule has 0 amide bonds. The molecule has 2 rings (SSSR count). The lowest BCUT2D eigenvalue weighted by Gasteiger charge is -2.18. The average molecular weight is 305 g/mol. The molecule has 0 spiro atoms. The second-order valence-corrected chi connectivity index (χ2v) is 6.35. The Labute approximate surface area is 130 Å². The predicted molar refractivity (Wildman–Crippen MR) is 90.3 cm³/mol. The summed E-state index contributed by atoms with van der Waals surface area (Å²) in [5.74, 6) is 0.742. The fourth-order valence-electron chi connectivity index (χ4n) is 2.26. The molecule has 1 atom stereocenters. The van der Waals surface area contributed by atoms with Crippen LogP contribution in [0.5, 0.6) is 5.75 Å². The van der Waals surface area contributed by atoms with Gasteiger partial charge in [0.05, 0.1) is 34.7 Å². The molecule has 0 radical (unpaired) electrons. The Morgan fingerprint density at radius 1 is 1.38 bits per heavy atom. The highest BCUT2D eigenvalue weighted by atomic mass is 32.1. The summed E-state index contributed by atoms with van der Waals surface area (Å²) >= 11 is 1.72. The number of thiazole rings is 1. The second-order valence-electron chi connectivity index (χ2n) is 5.11. The maximum absolute atomic E-state index is 6.19. The number of ether oxygens (including phenoxy) is 1. The third kappa shape index (κ3) is 3.67. The summed E-state index contributed by atoms with van der Waals surface area (Å²) in [6.45, 7) is 8.95. The van der Waals surface area contributed by atoms with Crippen LogP contribution in [0.15, 0.2) is 18.2 Å². The summed E-state index contributed by atoms with van der Waals surface area (Å²) in [7, 11) is 0. The van der Waals surface area contributed by atoms with Crippen LogP contribution in [-0.4, -0.2) is 11.6 Å². The number of nitrogen functional groups attached to an aromatic ring is 1. The number of hydrogen-bond donors (Lipinski definition) is 2. The molecule has 1 aromatic carbocycles. The third-order valence-corrected chi connectivity index (χ3v) is 4.49. The minimum absolute atomic E-state index is 0.167. The number of aromatic nitrogens is 1. The summed E-state index contributed by atoms with van der Waals surface area (Å²) in [4.78, 5) is 5.72. The lowest BCUT2D eigenvalue weighted by Crippen LogP contribution is -2.09. The summed E-state index contributed by atoms with van der Waals surface area (Å²) < 4.78 is 5.67. The van der Waals surface area contributed by atoms with Crippen molar-refractivity contribution in [1.82, 2.24) is 4.98 Å². The summed E-state index contributed by atoms with van der Waals surface area (Å²) in [5, 5.41) is 4.55. The van der Waals surface area contributed by atoms with Crippen molar-refractivity contribution in [2.45, 2.75) is 40.2 Å². The van der Waals surface area contributed by atoms with Gasteiger partial charge in [-0.2, -0.15) is 0 Å². The van der Waals surface area contributed by atoms with Gasteiger partial charge in [0, 0.05) is 4.88 Å². The third-order valence-electron chi connectivity index (χ3n) is 3.23. The van der Waals surface area contributed by atoms with Crippen LogP contribution in [0.2, 0.25) is 0 Å². The van der Waals surface area contributed by atoms with E-state index in [1.54, 1.807) is 11.3 Å². The van der Waals surface area contributed by atoms with Crippen LogP contribution in [0.3, 0.4) is 0 Å². The Morgan fingerprint density at radius 3 is 2.76 bits per heavy atom. The van der Waals surface area contributed by atoms with Crippen molar-refractivity contribution in [1.29, 1.82) is 0 Å². The summed E-state index contributed by atoms with van der Waals surface area (Å²) in [5.41, 5.74) is 8.84. The van der Waals surface area contributed by atoms with E-state index in [1.165, 1.54) is 4.88 Å². The van der Waals surface area contributed by atoms with Crippen molar-refractivity contribution in [2.75, 3.05) is 17.7 Å². The van der Waals surface area contributed by atoms with Gasteiger partial charge in [0.1, 0.15) is 5.75 Å². The van der Waals surface area contributed by atoms with Crippen molar-refractivity contribution < 1.29 is 4.74 Å². The van der Waals surface area contributed by atoms with Crippen molar-refractivity contribution in [3.05, 3.63) is 33.8 Å². The molecule has 0 aliphatic carbocycles. The molecule has 0 fully saturated rings. The van der Waals surface area contributed by atoms with Crippen LogP contribution >= 0.6 is 11.3 Å². The maximum atomic E-state index is 6.19. The monoisotopic (exact) mass is 305 g/mol. The number of nitrogens with two attached hydrogens (primary N) is 1. The van der Waals surface area contributed by atoms with Gasteiger partial charge in [-0.15, -0.1) is 11.3 Å². The molecule has 3 N–H and O–H groups in total. The smallest absolute Gasteiger partial charge is 0.144 e. The molecule has 0 saturated heterocycles. The van der Waals surface area contributed by atoms with Gasteiger partial charge in [0.15, 0.2) is 0 Å². The van der Waals surface area contributed by atoms with E-state index in [2.05, 4.69) is 24.1 Å². The first-order valence-electron chi connectivity index (χ1n) is 7.24. The molecule has 2 aromatic rings. The zero-order valence-corrected chi connectivity index (χ0v) is 13.9. The van der Waals surface area contributed by atoms with Gasteiger partial charge >= 0.3 is 0 Å². The van der Waals surface area contributed by atoms with E-state index < -0.39 is 0 Å². The molecule has 5 heteroatoms. The van der Waals surface area contributed by atoms with E-state index in [9.17, 15) is 0 Å². The topological polar surface area (TPSA) is 60.2 Å². The highest BCUT2D eigenvalue weighted by Gasteiger charge is 2.15. The fourth-order valence-corrected chi connectivity index (χ4v) is 3.19. The van der Waals surface area contributed by atoms with Crippen molar-refractivity contribution in [3.8, 4) is 5.75 Å². The number of rotatable bonds is 6. The van der Waals surface area contributed by atoms with Crippen LogP contribution in [0, 0.1) is 13.8 Å². The first-order chi connectivity index (χ1) is 10.0. The Balaban J connectivity index is 2.17. The molecule has 0 saturated carbocycles. The molecular formula is C16H23N3OS. The fraction of sp³-hybridized carbons (Fsp3) is 0.438. The van der Waals surface area contributed by atoms with Crippen LogP contribution < -0.4 is 15.8 Å². The summed E-state index contributed by atoms with van der Waals surface area (Å²) in [6.07, 6.45) is 0.965. The Kier molecular flexibility index (Phi) is 5.07. The number of hydrogen-bond acceptors (Lipinski definition) is 5. The number of nitrogens with zero attached hydrogens (tertiary/aromatic N) is 1. The largest absolute Gasteiger partial charge is 0.491 e. The SMILES string of the molecule is CCCOc1cccc(NC(C)c2sc(C)nc2C)c1N. The number of aryl methyl sites for hydroxylation is 2. The minimum atomic E-state index is 0.167. The van der Waals surface area contributed by atoms with Crippen molar-refractivity contribution in [3.63, 3.8) is 0 Å². The van der Waals surface area contributed by atoms with Gasteiger partial charge in [-0.05, 0) is 39.3 Å². The minimum Gasteiger partial charge on any atom is -0.491 e. The normalized spacial score (nSPS) is 12.2. The van der Waals surface area contributed by atoms with Gasteiger partial charge in [-0.1, -0.05) is 13.0 Å². The highest BCUT2D eigenvalue weighted by Crippen LogP contribution is 2.33. The molecule has 4 nitrogen and oxygen atoms in total. The average Bonchev–Trinajstić information content (AvgIpc) is 2.79. The first-order valence-corrected chi connectivity index (χ1v) is 8.06. The van der Waals surface area contributed by atoms with E-state index in [0.717, 1.165) is 28.6 Å². The zero-order valence-electron chi connectivity index (χ0n) is 13.1. The Hall–Kier alpha value is -1.75. The maximum Gasteiger partial charge on any atom is 0.144 e. The van der Waals surface area contributed by atoms with Crippen molar-refractivity contribution in [2.24, 2.45) is 0 Å². The van der Waals surface area contributed by atoms with Gasteiger partial charge in [-0.25, -0.2) is 4.98 Å². The second kappa shape index (κ2) is 6.80. The standard InChI is InChI=1S/C16H23N3OS/c1-5-9-20-14-8-6-7-13(15(14)17)19-11(3)16-10(2)18-12(4)21-16/h6-8,11,19H,5,9,17H2,1-4H3. The number of nitrogens with one attached hydrogen (secondary N) is 1. The van der Waals surface area contributed by atoms with Gasteiger partial charge in [0.25, 0.3) is 0 Å². The summed E-state index contributed by atoms with van der Waals surface area (Å²) in [6, 6.07) is 6.01. The van der Waals surface area contributed by atoms with Crippen LogP contribution in [-0.2, 0) is 0 Å². The molecule has 1 heterocycles. The van der Waals surface area contributed by atoms with Crippen LogP contribution in [0.25, 0.3) is 0 Å². The zero-order chi connectivity index (χ0) is 15.4. The molecule has 0 aliphatic heterocycles. The molecule has 0 bridgehead atoms. The van der Waals surface area contributed by atoms with Gasteiger partial charge in [-0.3, -0.25) is 0 Å². The van der Waals surface area contributed by atoms with Crippen LogP contribution in [0.1, 0.15) is 41.9 Å². The van der Waals surface area contributed by atoms with Crippen LogP contribution in [0.4, 0.5) is 11.4 Å². The number of benzene rings is 1. The number of para-hydroxylation sites is 1. The van der Waals surface area contributed by atoms with E-state index in [4.69, 9.17) is 10.5 Å². The number of anilines is 2.